The van der Waals surface area contributed by atoms with Crippen molar-refractivity contribution in [2.45, 2.75) is 59.4 Å². The topological polar surface area (TPSA) is 12.0 Å². The van der Waals surface area contributed by atoms with Gasteiger partial charge in [-0.3, -0.25) is 0 Å². The van der Waals surface area contributed by atoms with Crippen LogP contribution < -0.4 is 5.32 Å². The molecule has 1 nitrogen and oxygen atoms in total. The van der Waals surface area contributed by atoms with Crippen molar-refractivity contribution in [1.82, 2.24) is 5.32 Å². The molecule has 1 heteroatoms. The van der Waals surface area contributed by atoms with E-state index in [-0.39, 0.29) is 0 Å². The summed E-state index contributed by atoms with van der Waals surface area (Å²) in [5, 5.41) is 3.56. The van der Waals surface area contributed by atoms with E-state index in [0.717, 1.165) is 5.92 Å². The Bertz CT molecular complexity index is 106. The summed E-state index contributed by atoms with van der Waals surface area (Å²) in [7, 11) is 0. The van der Waals surface area contributed by atoms with Crippen molar-refractivity contribution >= 4 is 0 Å². The average Bonchev–Trinajstić information content (AvgIpc) is 1.98. The summed E-state index contributed by atoms with van der Waals surface area (Å²) in [6.45, 7) is 12.5. The predicted molar refractivity (Wildman–Crippen MR) is 56.4 cm³/mol. The largest absolute Gasteiger partial charge is 0.312 e. The molecular weight excluding hydrogens is 146 g/mol. The first-order valence-corrected chi connectivity index (χ1v) is 5.23. The summed E-state index contributed by atoms with van der Waals surface area (Å²) in [5.41, 5.74) is 0.330. The van der Waals surface area contributed by atoms with Crippen LogP contribution in [0.3, 0.4) is 0 Å². The van der Waals surface area contributed by atoms with Crippen LogP contribution in [0.15, 0.2) is 0 Å². The number of hydrogen-bond acceptors (Lipinski definition) is 1. The molecule has 0 heterocycles. The Hall–Kier alpha value is -0.0400. The Morgan fingerprint density at radius 2 is 1.83 bits per heavy atom. The molecule has 0 saturated heterocycles. The molecule has 0 aromatic carbocycles. The average molecular weight is 171 g/mol. The minimum Gasteiger partial charge on any atom is -0.312 e. The molecule has 1 N–H and O–H groups in total. The molecule has 0 aliphatic carbocycles. The fourth-order valence-electron chi connectivity index (χ4n) is 1.06. The third kappa shape index (κ3) is 6.66. The number of rotatable bonds is 6. The summed E-state index contributed by atoms with van der Waals surface area (Å²) >= 11 is 0. The van der Waals surface area contributed by atoms with E-state index in [9.17, 15) is 0 Å². The summed E-state index contributed by atoms with van der Waals surface area (Å²) in [6.07, 6.45) is 3.85. The van der Waals surface area contributed by atoms with Crippen LogP contribution in [-0.2, 0) is 0 Å². The van der Waals surface area contributed by atoms with Crippen molar-refractivity contribution in [3.8, 4) is 0 Å². The van der Waals surface area contributed by atoms with Gasteiger partial charge in [-0.1, -0.05) is 20.8 Å². The van der Waals surface area contributed by atoms with Crippen molar-refractivity contribution < 1.29 is 0 Å². The molecule has 0 radical (unpaired) electrons. The van der Waals surface area contributed by atoms with Crippen LogP contribution in [0.25, 0.3) is 0 Å². The maximum Gasteiger partial charge on any atom is 0.0122 e. The zero-order valence-electron chi connectivity index (χ0n) is 9.41. The Morgan fingerprint density at radius 1 is 1.25 bits per heavy atom. The van der Waals surface area contributed by atoms with Gasteiger partial charge in [0.25, 0.3) is 0 Å². The van der Waals surface area contributed by atoms with Crippen molar-refractivity contribution in [3.05, 3.63) is 0 Å². The van der Waals surface area contributed by atoms with E-state index in [4.69, 9.17) is 0 Å². The SMILES string of the molecule is CCC(C)(C)NCCCC(C)C. The van der Waals surface area contributed by atoms with Gasteiger partial charge >= 0.3 is 0 Å². The number of nitrogens with one attached hydrogen (secondary N) is 1. The molecule has 0 aliphatic rings. The fourth-order valence-corrected chi connectivity index (χ4v) is 1.06. The molecule has 74 valence electrons. The molecule has 0 bridgehead atoms. The van der Waals surface area contributed by atoms with Gasteiger partial charge in [-0.2, -0.15) is 0 Å². The van der Waals surface area contributed by atoms with Crippen molar-refractivity contribution in [2.75, 3.05) is 6.54 Å². The van der Waals surface area contributed by atoms with E-state index >= 15 is 0 Å². The lowest BCUT2D eigenvalue weighted by Gasteiger charge is -2.24. The first-order chi connectivity index (χ1) is 5.48. The van der Waals surface area contributed by atoms with Gasteiger partial charge in [-0.25, -0.2) is 0 Å². The lowest BCUT2D eigenvalue weighted by atomic mass is 10.0. The minimum atomic E-state index is 0.330. The lowest BCUT2D eigenvalue weighted by molar-refractivity contribution is 0.366. The highest BCUT2D eigenvalue weighted by molar-refractivity contribution is 4.74. The van der Waals surface area contributed by atoms with Gasteiger partial charge in [0, 0.05) is 5.54 Å². The van der Waals surface area contributed by atoms with Gasteiger partial charge in [0.1, 0.15) is 0 Å². The van der Waals surface area contributed by atoms with Crippen LogP contribution in [0.5, 0.6) is 0 Å². The Kier molecular flexibility index (Phi) is 5.56. The molecule has 0 fully saturated rings. The highest BCUT2D eigenvalue weighted by Gasteiger charge is 2.12. The highest BCUT2D eigenvalue weighted by Crippen LogP contribution is 2.08. The van der Waals surface area contributed by atoms with Gasteiger partial charge < -0.3 is 5.32 Å². The van der Waals surface area contributed by atoms with Crippen LogP contribution in [0.2, 0.25) is 0 Å². The highest BCUT2D eigenvalue weighted by atomic mass is 14.9. The molecule has 0 aliphatic heterocycles. The van der Waals surface area contributed by atoms with Gasteiger partial charge in [-0.15, -0.1) is 0 Å². The fraction of sp³-hybridized carbons (Fsp3) is 1.00. The molecule has 0 aromatic rings. The van der Waals surface area contributed by atoms with Crippen LogP contribution in [0.4, 0.5) is 0 Å². The molecular formula is C11H25N. The summed E-state index contributed by atoms with van der Waals surface area (Å²) in [4.78, 5) is 0. The van der Waals surface area contributed by atoms with Crippen LogP contribution in [0, 0.1) is 5.92 Å². The zero-order chi connectivity index (χ0) is 9.61. The second kappa shape index (κ2) is 5.58. The smallest absolute Gasteiger partial charge is 0.0122 e. The van der Waals surface area contributed by atoms with Gasteiger partial charge in [-0.05, 0) is 45.6 Å². The van der Waals surface area contributed by atoms with Gasteiger partial charge in [0.15, 0.2) is 0 Å². The van der Waals surface area contributed by atoms with Crippen LogP contribution >= 0.6 is 0 Å². The van der Waals surface area contributed by atoms with Crippen molar-refractivity contribution in [2.24, 2.45) is 5.92 Å². The molecule has 12 heavy (non-hydrogen) atoms. The second-order valence-electron chi connectivity index (χ2n) is 4.70. The summed E-state index contributed by atoms with van der Waals surface area (Å²) in [5.74, 6) is 0.844. The van der Waals surface area contributed by atoms with E-state index in [2.05, 4.69) is 39.9 Å². The standard InChI is InChI=1S/C11H25N/c1-6-11(4,5)12-9-7-8-10(2)3/h10,12H,6-9H2,1-5H3. The molecule has 0 rings (SSSR count). The molecule has 0 atom stereocenters. The molecule has 0 amide bonds. The van der Waals surface area contributed by atoms with Crippen molar-refractivity contribution in [3.63, 3.8) is 0 Å². The predicted octanol–water partition coefficient (Wildman–Crippen LogP) is 3.20. The van der Waals surface area contributed by atoms with Crippen molar-refractivity contribution in [1.29, 1.82) is 0 Å². The third-order valence-electron chi connectivity index (χ3n) is 2.45. The monoisotopic (exact) mass is 171 g/mol. The van der Waals surface area contributed by atoms with E-state index in [0.29, 0.717) is 5.54 Å². The van der Waals surface area contributed by atoms with Crippen LogP contribution in [-0.4, -0.2) is 12.1 Å². The quantitative estimate of drug-likeness (QED) is 0.605. The zero-order valence-corrected chi connectivity index (χ0v) is 9.41. The molecule has 0 unspecified atom stereocenters. The normalized spacial score (nSPS) is 12.5. The Balaban J connectivity index is 3.31. The van der Waals surface area contributed by atoms with E-state index in [1.54, 1.807) is 0 Å². The second-order valence-corrected chi connectivity index (χ2v) is 4.70. The van der Waals surface area contributed by atoms with E-state index < -0.39 is 0 Å². The van der Waals surface area contributed by atoms with Crippen LogP contribution in [0.1, 0.15) is 53.9 Å². The molecule has 0 spiro atoms. The summed E-state index contributed by atoms with van der Waals surface area (Å²) in [6, 6.07) is 0. The first kappa shape index (κ1) is 12.0. The Morgan fingerprint density at radius 3 is 2.25 bits per heavy atom. The van der Waals surface area contributed by atoms with E-state index in [1.807, 2.05) is 0 Å². The maximum atomic E-state index is 3.56. The third-order valence-corrected chi connectivity index (χ3v) is 2.45. The van der Waals surface area contributed by atoms with E-state index in [1.165, 1.54) is 25.8 Å². The summed E-state index contributed by atoms with van der Waals surface area (Å²) < 4.78 is 0. The number of hydrogen-bond donors (Lipinski definition) is 1. The Labute approximate surface area is 77.9 Å². The van der Waals surface area contributed by atoms with Gasteiger partial charge in [0.2, 0.25) is 0 Å². The minimum absolute atomic E-state index is 0.330. The van der Waals surface area contributed by atoms with Gasteiger partial charge in [0.05, 0.1) is 0 Å². The maximum absolute atomic E-state index is 3.56. The lowest BCUT2D eigenvalue weighted by Crippen LogP contribution is -2.39. The first-order valence-electron chi connectivity index (χ1n) is 5.23. The molecule has 0 aromatic heterocycles. The molecule has 0 saturated carbocycles.